The van der Waals surface area contributed by atoms with E-state index in [1.807, 2.05) is 13.8 Å². The number of furan rings is 1. The number of hydrogen-bond donors (Lipinski definition) is 2. The zero-order chi connectivity index (χ0) is 24.5. The molecular formula is C25H30N2O6. The Bertz CT molecular complexity index is 1060. The Morgan fingerprint density at radius 2 is 1.79 bits per heavy atom. The molecule has 176 valence electrons. The van der Waals surface area contributed by atoms with Gasteiger partial charge in [0.25, 0.3) is 11.8 Å². The van der Waals surface area contributed by atoms with E-state index in [2.05, 4.69) is 0 Å². The van der Waals surface area contributed by atoms with E-state index in [1.54, 1.807) is 49.4 Å². The smallest absolute Gasteiger partial charge is 0.337 e. The van der Waals surface area contributed by atoms with Gasteiger partial charge >= 0.3 is 5.97 Å². The van der Waals surface area contributed by atoms with Crippen LogP contribution in [0.4, 0.5) is 0 Å². The quantitative estimate of drug-likeness (QED) is 0.374. The Labute approximate surface area is 193 Å². The van der Waals surface area contributed by atoms with Gasteiger partial charge in [-0.2, -0.15) is 0 Å². The van der Waals surface area contributed by atoms with E-state index in [0.717, 1.165) is 10.5 Å². The maximum atomic E-state index is 12.9. The van der Waals surface area contributed by atoms with Crippen molar-refractivity contribution in [3.05, 3.63) is 64.4 Å². The summed E-state index contributed by atoms with van der Waals surface area (Å²) in [6.07, 6.45) is 1.87. The number of nitrogens with zero attached hydrogens (tertiary/aromatic N) is 1. The number of rotatable bonds is 7. The van der Waals surface area contributed by atoms with Crippen LogP contribution in [0.25, 0.3) is 17.4 Å². The standard InChI is InChI=1S/C23H24N2O6.C2H6/c1-14-18(21(27)25(10-3-11-26)22(28)19(14)13-24)12-17-8-9-20(31-17)15-4-6-16(7-5-15)23(29)30-2;1-2/h4-9,12,26H,3,10-11,13,24H2,1-2H3;1-2H3/b18-12-;. The second kappa shape index (κ2) is 11.9. The second-order valence-corrected chi connectivity index (χ2v) is 6.98. The molecule has 1 aromatic heterocycles. The monoisotopic (exact) mass is 454 g/mol. The van der Waals surface area contributed by atoms with E-state index in [9.17, 15) is 14.4 Å². The third-order valence-corrected chi connectivity index (χ3v) is 5.08. The van der Waals surface area contributed by atoms with Gasteiger partial charge in [0, 0.05) is 36.4 Å². The van der Waals surface area contributed by atoms with Gasteiger partial charge in [-0.3, -0.25) is 14.5 Å². The molecule has 33 heavy (non-hydrogen) atoms. The molecule has 1 aliphatic heterocycles. The van der Waals surface area contributed by atoms with E-state index in [4.69, 9.17) is 20.0 Å². The highest BCUT2D eigenvalue weighted by Crippen LogP contribution is 2.29. The minimum Gasteiger partial charge on any atom is -0.465 e. The van der Waals surface area contributed by atoms with Crippen LogP contribution in [0, 0.1) is 0 Å². The Morgan fingerprint density at radius 3 is 2.36 bits per heavy atom. The number of hydrogen-bond acceptors (Lipinski definition) is 7. The lowest BCUT2D eigenvalue weighted by Gasteiger charge is -2.29. The summed E-state index contributed by atoms with van der Waals surface area (Å²) in [6.45, 7) is 5.66. The molecule has 0 fully saturated rings. The topological polar surface area (TPSA) is 123 Å². The van der Waals surface area contributed by atoms with E-state index in [0.29, 0.717) is 33.8 Å². The van der Waals surface area contributed by atoms with Crippen LogP contribution in [0.3, 0.4) is 0 Å². The van der Waals surface area contributed by atoms with Crippen molar-refractivity contribution in [3.63, 3.8) is 0 Å². The van der Waals surface area contributed by atoms with Crippen molar-refractivity contribution in [3.8, 4) is 11.3 Å². The van der Waals surface area contributed by atoms with Crippen molar-refractivity contribution in [1.29, 1.82) is 0 Å². The minimum atomic E-state index is -0.450. The first-order valence-electron chi connectivity index (χ1n) is 10.8. The van der Waals surface area contributed by atoms with E-state index in [1.165, 1.54) is 7.11 Å². The van der Waals surface area contributed by atoms with Gasteiger partial charge in [0.15, 0.2) is 0 Å². The number of methoxy groups -OCH3 is 1. The summed E-state index contributed by atoms with van der Waals surface area (Å²) in [5, 5.41) is 9.08. The molecule has 0 radical (unpaired) electrons. The molecular weight excluding hydrogens is 424 g/mol. The molecule has 2 aromatic rings. The normalized spacial score (nSPS) is 15.0. The second-order valence-electron chi connectivity index (χ2n) is 6.98. The van der Waals surface area contributed by atoms with Crippen molar-refractivity contribution < 1.29 is 28.6 Å². The van der Waals surface area contributed by atoms with E-state index in [-0.39, 0.29) is 26.1 Å². The van der Waals surface area contributed by atoms with Gasteiger partial charge in [-0.1, -0.05) is 26.0 Å². The van der Waals surface area contributed by atoms with E-state index >= 15 is 0 Å². The number of carbonyl (C=O) groups is 3. The summed E-state index contributed by atoms with van der Waals surface area (Å²) in [5.41, 5.74) is 8.12. The van der Waals surface area contributed by atoms with Gasteiger partial charge < -0.3 is 20.0 Å². The summed E-state index contributed by atoms with van der Waals surface area (Å²) in [4.78, 5) is 38.2. The molecule has 2 amide bonds. The maximum absolute atomic E-state index is 12.9. The Balaban J connectivity index is 0.00000187. The highest BCUT2D eigenvalue weighted by molar-refractivity contribution is 6.18. The fraction of sp³-hybridized carbons (Fsp3) is 0.320. The summed E-state index contributed by atoms with van der Waals surface area (Å²) < 4.78 is 10.6. The van der Waals surface area contributed by atoms with Crippen molar-refractivity contribution in [1.82, 2.24) is 4.90 Å². The van der Waals surface area contributed by atoms with Crippen LogP contribution in [0.2, 0.25) is 0 Å². The fourth-order valence-corrected chi connectivity index (χ4v) is 3.34. The molecule has 0 unspecified atom stereocenters. The van der Waals surface area contributed by atoms with Crippen LogP contribution in [-0.4, -0.2) is 54.6 Å². The molecule has 0 bridgehead atoms. The molecule has 8 nitrogen and oxygen atoms in total. The highest BCUT2D eigenvalue weighted by Gasteiger charge is 2.34. The van der Waals surface area contributed by atoms with Crippen LogP contribution < -0.4 is 5.73 Å². The summed E-state index contributed by atoms with van der Waals surface area (Å²) in [5.74, 6) is -0.316. The van der Waals surface area contributed by atoms with Gasteiger partial charge in [0.2, 0.25) is 0 Å². The van der Waals surface area contributed by atoms with Crippen molar-refractivity contribution >= 4 is 23.9 Å². The first-order valence-corrected chi connectivity index (χ1v) is 10.8. The number of aliphatic hydroxyl groups excluding tert-OH is 1. The first-order chi connectivity index (χ1) is 15.9. The lowest BCUT2D eigenvalue weighted by atomic mass is 9.94. The molecule has 0 aliphatic carbocycles. The number of nitrogens with two attached hydrogens (primary N) is 1. The number of benzene rings is 1. The molecule has 0 saturated heterocycles. The van der Waals surface area contributed by atoms with Crippen LogP contribution in [0.1, 0.15) is 43.3 Å². The fourth-order valence-electron chi connectivity index (χ4n) is 3.34. The van der Waals surface area contributed by atoms with Gasteiger partial charge in [0.05, 0.1) is 12.7 Å². The minimum absolute atomic E-state index is 0.000853. The number of esters is 1. The van der Waals surface area contributed by atoms with Crippen LogP contribution in [0.5, 0.6) is 0 Å². The average molecular weight is 455 g/mol. The van der Waals surface area contributed by atoms with Crippen molar-refractivity contribution in [2.75, 3.05) is 26.8 Å². The molecule has 1 aliphatic rings. The van der Waals surface area contributed by atoms with Crippen molar-refractivity contribution in [2.45, 2.75) is 27.2 Å². The summed E-state index contributed by atoms with van der Waals surface area (Å²) >= 11 is 0. The van der Waals surface area contributed by atoms with Crippen LogP contribution >= 0.6 is 0 Å². The largest absolute Gasteiger partial charge is 0.465 e. The first kappa shape index (κ1) is 25.8. The maximum Gasteiger partial charge on any atom is 0.337 e. The highest BCUT2D eigenvalue weighted by atomic mass is 16.5. The van der Waals surface area contributed by atoms with Gasteiger partial charge in [0.1, 0.15) is 11.5 Å². The molecule has 0 spiro atoms. The zero-order valence-electron chi connectivity index (χ0n) is 19.4. The number of aliphatic hydroxyl groups is 1. The molecule has 2 heterocycles. The number of amides is 2. The number of ether oxygens (including phenoxy) is 1. The Morgan fingerprint density at radius 1 is 1.12 bits per heavy atom. The predicted molar refractivity (Wildman–Crippen MR) is 125 cm³/mol. The summed E-state index contributed by atoms with van der Waals surface area (Å²) in [6, 6.07) is 10.2. The Hall–Kier alpha value is -3.49. The van der Waals surface area contributed by atoms with Crippen LogP contribution in [-0.2, 0) is 14.3 Å². The average Bonchev–Trinajstić information content (AvgIpc) is 3.31. The predicted octanol–water partition coefficient (Wildman–Crippen LogP) is 3.17. The molecule has 1 aromatic carbocycles. The lowest BCUT2D eigenvalue weighted by molar-refractivity contribution is -0.140. The Kier molecular flexibility index (Phi) is 9.32. The van der Waals surface area contributed by atoms with E-state index < -0.39 is 17.8 Å². The lowest BCUT2D eigenvalue weighted by Crippen LogP contribution is -2.45. The molecule has 3 rings (SSSR count). The molecule has 0 saturated carbocycles. The summed E-state index contributed by atoms with van der Waals surface area (Å²) in [7, 11) is 1.32. The van der Waals surface area contributed by atoms with Crippen LogP contribution in [0.15, 0.2) is 57.5 Å². The third-order valence-electron chi connectivity index (χ3n) is 5.08. The van der Waals surface area contributed by atoms with Gasteiger partial charge in [-0.25, -0.2) is 4.79 Å². The molecule has 8 heteroatoms. The van der Waals surface area contributed by atoms with Gasteiger partial charge in [-0.05, 0) is 49.3 Å². The van der Waals surface area contributed by atoms with Crippen molar-refractivity contribution in [2.24, 2.45) is 5.73 Å². The van der Waals surface area contributed by atoms with Gasteiger partial charge in [-0.15, -0.1) is 0 Å². The molecule has 3 N–H and O–H groups in total. The number of imide groups is 1. The SMILES string of the molecule is CC.COC(=O)c1ccc(-c2ccc(/C=C3\C(=O)N(CCCO)C(=O)C(CN)=C3C)o2)cc1. The molecule has 0 atom stereocenters. The third kappa shape index (κ3) is 5.66. The zero-order valence-corrected chi connectivity index (χ0v) is 19.4. The number of carbonyl (C=O) groups excluding carboxylic acids is 3.